The molecule has 0 aliphatic carbocycles. The van der Waals surface area contributed by atoms with E-state index in [9.17, 15) is 9.90 Å². The Bertz CT molecular complexity index is 1340. The maximum atomic E-state index is 14.0. The van der Waals surface area contributed by atoms with Crippen LogP contribution in [0.5, 0.6) is 5.75 Å². The van der Waals surface area contributed by atoms with Crippen molar-refractivity contribution < 1.29 is 9.90 Å². The number of hydrogen-bond acceptors (Lipinski definition) is 5. The van der Waals surface area contributed by atoms with Gasteiger partial charge in [0, 0.05) is 31.7 Å². The second-order valence-corrected chi connectivity index (χ2v) is 9.37. The number of aromatic hydroxyl groups is 1. The molecule has 4 aromatic rings. The number of aromatic nitrogens is 2. The minimum atomic E-state index is -0.201. The highest BCUT2D eigenvalue weighted by Crippen LogP contribution is 2.36. The van der Waals surface area contributed by atoms with Crippen LogP contribution < -0.4 is 4.90 Å². The molecule has 1 amide bonds. The standard InChI is InChI=1S/C29H28Cl2N4O2/c1-3-34(18-20-11-7-5-8-12-20)28-23(29(37)35(4-2)19-21-13-9-6-10-14-21)17-26(32-33-28)22-15-24(30)27(36)25(31)16-22/h5-17,36H,3-4,18-19H2,1-2H3. The SMILES string of the molecule is CCN(Cc1ccccc1)C(=O)c1cc(-c2cc(Cl)c(O)c(Cl)c2)nnc1N(CC)Cc1ccccc1. The molecule has 0 saturated carbocycles. The van der Waals surface area contributed by atoms with Gasteiger partial charge in [0.25, 0.3) is 5.91 Å². The van der Waals surface area contributed by atoms with E-state index in [1.165, 1.54) is 0 Å². The van der Waals surface area contributed by atoms with Gasteiger partial charge in [0.2, 0.25) is 0 Å². The molecule has 0 aliphatic heterocycles. The summed E-state index contributed by atoms with van der Waals surface area (Å²) in [4.78, 5) is 17.8. The number of nitrogens with zero attached hydrogens (tertiary/aromatic N) is 4. The van der Waals surface area contributed by atoms with E-state index in [1.54, 1.807) is 23.1 Å². The second kappa shape index (κ2) is 12.1. The van der Waals surface area contributed by atoms with Gasteiger partial charge in [0.1, 0.15) is 0 Å². The molecule has 0 saturated heterocycles. The van der Waals surface area contributed by atoms with Gasteiger partial charge >= 0.3 is 0 Å². The fourth-order valence-electron chi connectivity index (χ4n) is 4.07. The van der Waals surface area contributed by atoms with E-state index in [-0.39, 0.29) is 21.7 Å². The molecule has 1 heterocycles. The van der Waals surface area contributed by atoms with E-state index in [1.807, 2.05) is 79.4 Å². The molecule has 4 rings (SSSR count). The number of phenolic OH excluding ortho intramolecular Hbond substituents is 1. The first kappa shape index (κ1) is 26.5. The van der Waals surface area contributed by atoms with Crippen LogP contribution in [0.25, 0.3) is 11.3 Å². The Morgan fingerprint density at radius 2 is 1.38 bits per heavy atom. The summed E-state index contributed by atoms with van der Waals surface area (Å²) in [6.45, 7) is 6.17. The molecule has 0 atom stereocenters. The Kier molecular flexibility index (Phi) is 8.64. The van der Waals surface area contributed by atoms with Gasteiger partial charge in [-0.15, -0.1) is 10.2 Å². The number of phenols is 1. The Balaban J connectivity index is 1.79. The fourth-order valence-corrected chi connectivity index (χ4v) is 4.56. The molecular weight excluding hydrogens is 507 g/mol. The summed E-state index contributed by atoms with van der Waals surface area (Å²) < 4.78 is 0. The quantitative estimate of drug-likeness (QED) is 0.254. The van der Waals surface area contributed by atoms with Crippen molar-refractivity contribution >= 4 is 34.9 Å². The lowest BCUT2D eigenvalue weighted by Gasteiger charge is -2.27. The van der Waals surface area contributed by atoms with Crippen LogP contribution in [0.4, 0.5) is 5.82 Å². The molecule has 6 nitrogen and oxygen atoms in total. The Morgan fingerprint density at radius 1 is 0.811 bits per heavy atom. The predicted molar refractivity (Wildman–Crippen MR) is 149 cm³/mol. The number of anilines is 1. The summed E-state index contributed by atoms with van der Waals surface area (Å²) in [6, 6.07) is 24.8. The third kappa shape index (κ3) is 6.21. The Hall–Kier alpha value is -3.61. The monoisotopic (exact) mass is 534 g/mol. The first-order valence-corrected chi connectivity index (χ1v) is 12.8. The van der Waals surface area contributed by atoms with Gasteiger partial charge in [-0.3, -0.25) is 4.79 Å². The number of hydrogen-bond donors (Lipinski definition) is 1. The summed E-state index contributed by atoms with van der Waals surface area (Å²) in [5, 5.41) is 19.1. The Morgan fingerprint density at radius 3 is 1.92 bits per heavy atom. The average molecular weight is 535 g/mol. The number of amides is 1. The van der Waals surface area contributed by atoms with Crippen molar-refractivity contribution in [1.29, 1.82) is 0 Å². The van der Waals surface area contributed by atoms with Gasteiger partial charge in [-0.05, 0) is 43.2 Å². The van der Waals surface area contributed by atoms with Crippen molar-refractivity contribution in [1.82, 2.24) is 15.1 Å². The van der Waals surface area contributed by atoms with Gasteiger partial charge in [-0.1, -0.05) is 83.9 Å². The molecule has 0 radical (unpaired) electrons. The summed E-state index contributed by atoms with van der Waals surface area (Å²) in [6.07, 6.45) is 0. The smallest absolute Gasteiger partial charge is 0.258 e. The molecule has 190 valence electrons. The van der Waals surface area contributed by atoms with Crippen molar-refractivity contribution in [3.63, 3.8) is 0 Å². The van der Waals surface area contributed by atoms with Crippen molar-refractivity contribution in [3.05, 3.63) is 106 Å². The van der Waals surface area contributed by atoms with Crippen molar-refractivity contribution in [3.8, 4) is 17.0 Å². The zero-order chi connectivity index (χ0) is 26.4. The van der Waals surface area contributed by atoms with Crippen LogP contribution in [-0.4, -0.2) is 39.2 Å². The van der Waals surface area contributed by atoms with Gasteiger partial charge in [0.15, 0.2) is 11.6 Å². The molecule has 0 unspecified atom stereocenters. The van der Waals surface area contributed by atoms with Gasteiger partial charge < -0.3 is 14.9 Å². The van der Waals surface area contributed by atoms with Crippen molar-refractivity contribution in [2.45, 2.75) is 26.9 Å². The number of carbonyl (C=O) groups excluding carboxylic acids is 1. The molecule has 1 aromatic heterocycles. The van der Waals surface area contributed by atoms with Crippen LogP contribution in [0.2, 0.25) is 10.0 Å². The predicted octanol–water partition coefficient (Wildman–Crippen LogP) is 6.84. The highest BCUT2D eigenvalue weighted by atomic mass is 35.5. The van der Waals surface area contributed by atoms with Crippen LogP contribution in [0.15, 0.2) is 78.9 Å². The molecular formula is C29H28Cl2N4O2. The minimum Gasteiger partial charge on any atom is -0.505 e. The van der Waals surface area contributed by atoms with Crippen LogP contribution in [-0.2, 0) is 13.1 Å². The molecule has 0 fully saturated rings. The summed E-state index contributed by atoms with van der Waals surface area (Å²) in [5.41, 5.74) is 3.55. The van der Waals surface area contributed by atoms with Gasteiger partial charge in [-0.2, -0.15) is 0 Å². The van der Waals surface area contributed by atoms with Crippen LogP contribution in [0, 0.1) is 0 Å². The fraction of sp³-hybridized carbons (Fsp3) is 0.207. The first-order chi connectivity index (χ1) is 17.9. The van der Waals surface area contributed by atoms with E-state index in [0.29, 0.717) is 48.8 Å². The number of benzene rings is 3. The number of halogens is 2. The molecule has 1 N–H and O–H groups in total. The van der Waals surface area contributed by atoms with E-state index in [4.69, 9.17) is 23.2 Å². The first-order valence-electron chi connectivity index (χ1n) is 12.1. The normalized spacial score (nSPS) is 10.8. The number of rotatable bonds is 9. The van der Waals surface area contributed by atoms with E-state index in [2.05, 4.69) is 10.2 Å². The largest absolute Gasteiger partial charge is 0.505 e. The summed E-state index contributed by atoms with van der Waals surface area (Å²) in [7, 11) is 0. The van der Waals surface area contributed by atoms with E-state index >= 15 is 0 Å². The molecule has 8 heteroatoms. The maximum Gasteiger partial charge on any atom is 0.258 e. The van der Waals surface area contributed by atoms with Crippen molar-refractivity contribution in [2.75, 3.05) is 18.0 Å². The average Bonchev–Trinajstić information content (AvgIpc) is 2.93. The topological polar surface area (TPSA) is 69.6 Å². The molecule has 37 heavy (non-hydrogen) atoms. The van der Waals surface area contributed by atoms with Gasteiger partial charge in [0.05, 0.1) is 21.3 Å². The highest BCUT2D eigenvalue weighted by Gasteiger charge is 2.24. The van der Waals surface area contributed by atoms with Crippen LogP contribution >= 0.6 is 23.2 Å². The van der Waals surface area contributed by atoms with Gasteiger partial charge in [-0.25, -0.2) is 0 Å². The Labute approximate surface area is 227 Å². The van der Waals surface area contributed by atoms with Crippen molar-refractivity contribution in [2.24, 2.45) is 0 Å². The van der Waals surface area contributed by atoms with Crippen LogP contribution in [0.1, 0.15) is 35.3 Å². The van der Waals surface area contributed by atoms with Crippen LogP contribution in [0.3, 0.4) is 0 Å². The third-order valence-corrected chi connectivity index (χ3v) is 6.68. The second-order valence-electron chi connectivity index (χ2n) is 8.56. The molecule has 0 bridgehead atoms. The number of carbonyl (C=O) groups is 1. The maximum absolute atomic E-state index is 14.0. The van der Waals surface area contributed by atoms with E-state index < -0.39 is 0 Å². The summed E-state index contributed by atoms with van der Waals surface area (Å²) in [5.74, 6) is 0.149. The zero-order valence-corrected chi connectivity index (χ0v) is 22.2. The van der Waals surface area contributed by atoms with E-state index in [0.717, 1.165) is 11.1 Å². The minimum absolute atomic E-state index is 0.0970. The lowest BCUT2D eigenvalue weighted by molar-refractivity contribution is 0.0752. The zero-order valence-electron chi connectivity index (χ0n) is 20.7. The lowest BCUT2D eigenvalue weighted by Crippen LogP contribution is -2.33. The third-order valence-electron chi connectivity index (χ3n) is 6.10. The summed E-state index contributed by atoms with van der Waals surface area (Å²) >= 11 is 12.3. The highest BCUT2D eigenvalue weighted by molar-refractivity contribution is 6.37. The lowest BCUT2D eigenvalue weighted by atomic mass is 10.1. The molecule has 0 aliphatic rings. The molecule has 0 spiro atoms. The molecule has 3 aromatic carbocycles.